The van der Waals surface area contributed by atoms with E-state index in [-0.39, 0.29) is 11.9 Å². The van der Waals surface area contributed by atoms with Gasteiger partial charge in [0.15, 0.2) is 0 Å². The monoisotopic (exact) mass is 236 g/mol. The summed E-state index contributed by atoms with van der Waals surface area (Å²) >= 11 is 0. The van der Waals surface area contributed by atoms with Crippen molar-refractivity contribution in [2.45, 2.75) is 45.6 Å². The summed E-state index contributed by atoms with van der Waals surface area (Å²) < 4.78 is 7.47. The number of esters is 1. The van der Waals surface area contributed by atoms with Crippen molar-refractivity contribution in [2.75, 3.05) is 0 Å². The number of ether oxygens (including phenoxy) is 1. The van der Waals surface area contributed by atoms with E-state index in [4.69, 9.17) is 4.74 Å². The first-order chi connectivity index (χ1) is 7.87. The molecule has 4 heteroatoms. The summed E-state index contributed by atoms with van der Waals surface area (Å²) in [7, 11) is 2.00. The Bertz CT molecular complexity index is 429. The third kappa shape index (κ3) is 2.68. The summed E-state index contributed by atoms with van der Waals surface area (Å²) in [6, 6.07) is 0. The maximum atomic E-state index is 12.0. The molecule has 0 amide bonds. The molecule has 0 aliphatic heterocycles. The largest absolute Gasteiger partial charge is 0.460 e. The van der Waals surface area contributed by atoms with Gasteiger partial charge in [-0.15, -0.1) is 0 Å². The first-order valence-corrected chi connectivity index (χ1v) is 6.09. The minimum Gasteiger partial charge on any atom is -0.460 e. The average molecular weight is 236 g/mol. The molecule has 0 N–H and O–H groups in total. The van der Waals surface area contributed by atoms with Gasteiger partial charge in [-0.2, -0.15) is 0 Å². The van der Waals surface area contributed by atoms with E-state index in [1.54, 1.807) is 0 Å². The highest BCUT2D eigenvalue weighted by Crippen LogP contribution is 2.26. The maximum absolute atomic E-state index is 12.0. The molecule has 0 radical (unpaired) electrons. The number of nitrogens with zero attached hydrogens (tertiary/aromatic N) is 2. The molecule has 1 aliphatic carbocycles. The van der Waals surface area contributed by atoms with Gasteiger partial charge in [0.25, 0.3) is 0 Å². The van der Waals surface area contributed by atoms with E-state index in [2.05, 4.69) is 4.98 Å². The van der Waals surface area contributed by atoms with Gasteiger partial charge in [0.1, 0.15) is 5.60 Å². The van der Waals surface area contributed by atoms with Crippen molar-refractivity contribution < 1.29 is 9.53 Å². The van der Waals surface area contributed by atoms with Crippen molar-refractivity contribution in [2.24, 2.45) is 13.0 Å². The van der Waals surface area contributed by atoms with Gasteiger partial charge in [-0.25, -0.2) is 4.98 Å². The number of fused-ring (bicyclic) bond motifs is 1. The fourth-order valence-electron chi connectivity index (χ4n) is 2.23. The molecule has 94 valence electrons. The Morgan fingerprint density at radius 1 is 1.53 bits per heavy atom. The lowest BCUT2D eigenvalue weighted by atomic mass is 9.89. The standard InChI is InChI=1S/C13H20N2O2/c1-13(2,3)17-12(16)9-5-6-11-10(7-9)14-8-15(11)4/h8-9H,5-7H2,1-4H3. The molecule has 0 saturated heterocycles. The molecule has 0 aromatic carbocycles. The predicted octanol–water partition coefficient (Wildman–Crippen LogP) is 1.87. The van der Waals surface area contributed by atoms with E-state index in [1.165, 1.54) is 5.69 Å². The zero-order chi connectivity index (χ0) is 12.6. The minimum absolute atomic E-state index is 0.0309. The van der Waals surface area contributed by atoms with Crippen LogP contribution in [0.4, 0.5) is 0 Å². The van der Waals surface area contributed by atoms with E-state index in [0.717, 1.165) is 18.5 Å². The number of hydrogen-bond acceptors (Lipinski definition) is 3. The van der Waals surface area contributed by atoms with Crippen LogP contribution in [0.25, 0.3) is 0 Å². The summed E-state index contributed by atoms with van der Waals surface area (Å²) in [6.07, 6.45) is 4.31. The molecule has 1 aromatic heterocycles. The van der Waals surface area contributed by atoms with E-state index in [9.17, 15) is 4.79 Å². The predicted molar refractivity (Wildman–Crippen MR) is 64.6 cm³/mol. The second-order valence-corrected chi connectivity index (χ2v) is 5.72. The van der Waals surface area contributed by atoms with Crippen LogP contribution in [0.2, 0.25) is 0 Å². The number of imidazole rings is 1. The number of aromatic nitrogens is 2. The van der Waals surface area contributed by atoms with Gasteiger partial charge in [0.2, 0.25) is 0 Å². The lowest BCUT2D eigenvalue weighted by Gasteiger charge is -2.26. The van der Waals surface area contributed by atoms with Crippen LogP contribution in [-0.2, 0) is 29.4 Å². The molecule has 1 aromatic rings. The quantitative estimate of drug-likeness (QED) is 0.699. The first kappa shape index (κ1) is 12.1. The van der Waals surface area contributed by atoms with Gasteiger partial charge < -0.3 is 9.30 Å². The molecule has 1 atom stereocenters. The molecular weight excluding hydrogens is 216 g/mol. The Balaban J connectivity index is 2.05. The average Bonchev–Trinajstić information content (AvgIpc) is 2.57. The molecule has 1 aliphatic rings. The van der Waals surface area contributed by atoms with Crippen molar-refractivity contribution >= 4 is 5.97 Å². The number of carbonyl (C=O) groups is 1. The van der Waals surface area contributed by atoms with E-state index < -0.39 is 5.60 Å². The van der Waals surface area contributed by atoms with Crippen LogP contribution in [0, 0.1) is 5.92 Å². The van der Waals surface area contributed by atoms with Crippen LogP contribution in [-0.4, -0.2) is 21.1 Å². The normalized spacial score (nSPS) is 19.9. The second-order valence-electron chi connectivity index (χ2n) is 5.72. The smallest absolute Gasteiger partial charge is 0.309 e. The van der Waals surface area contributed by atoms with Crippen LogP contribution >= 0.6 is 0 Å². The van der Waals surface area contributed by atoms with Crippen molar-refractivity contribution in [3.63, 3.8) is 0 Å². The number of carbonyl (C=O) groups excluding carboxylic acids is 1. The topological polar surface area (TPSA) is 44.1 Å². The molecule has 17 heavy (non-hydrogen) atoms. The van der Waals surface area contributed by atoms with Gasteiger partial charge >= 0.3 is 5.97 Å². The van der Waals surface area contributed by atoms with E-state index in [0.29, 0.717) is 6.42 Å². The van der Waals surface area contributed by atoms with Gasteiger partial charge in [-0.3, -0.25) is 4.79 Å². The Labute approximate surface area is 102 Å². The third-order valence-electron chi connectivity index (χ3n) is 3.06. The Kier molecular flexibility index (Phi) is 2.98. The van der Waals surface area contributed by atoms with Crippen LogP contribution in [0.3, 0.4) is 0 Å². The van der Waals surface area contributed by atoms with Crippen LogP contribution < -0.4 is 0 Å². The van der Waals surface area contributed by atoms with Crippen molar-refractivity contribution in [1.29, 1.82) is 0 Å². The molecule has 0 spiro atoms. The molecule has 0 saturated carbocycles. The molecular formula is C13H20N2O2. The Hall–Kier alpha value is -1.32. The lowest BCUT2D eigenvalue weighted by molar-refractivity contribution is -0.160. The van der Waals surface area contributed by atoms with Crippen molar-refractivity contribution in [1.82, 2.24) is 9.55 Å². The molecule has 2 rings (SSSR count). The second kappa shape index (κ2) is 4.17. The Morgan fingerprint density at radius 3 is 2.88 bits per heavy atom. The van der Waals surface area contributed by atoms with Crippen LogP contribution in [0.5, 0.6) is 0 Å². The minimum atomic E-state index is -0.401. The summed E-state index contributed by atoms with van der Waals surface area (Å²) in [6.45, 7) is 5.71. The molecule has 1 heterocycles. The zero-order valence-corrected chi connectivity index (χ0v) is 11.0. The number of rotatable bonds is 1. The van der Waals surface area contributed by atoms with Gasteiger partial charge in [0, 0.05) is 19.2 Å². The van der Waals surface area contributed by atoms with Crippen LogP contribution in [0.15, 0.2) is 6.33 Å². The van der Waals surface area contributed by atoms with Gasteiger partial charge in [-0.05, 0) is 33.6 Å². The zero-order valence-electron chi connectivity index (χ0n) is 11.0. The van der Waals surface area contributed by atoms with Gasteiger partial charge in [0.05, 0.1) is 17.9 Å². The summed E-state index contributed by atoms with van der Waals surface area (Å²) in [4.78, 5) is 16.3. The summed E-state index contributed by atoms with van der Waals surface area (Å²) in [5, 5.41) is 0. The maximum Gasteiger partial charge on any atom is 0.309 e. The first-order valence-electron chi connectivity index (χ1n) is 6.09. The van der Waals surface area contributed by atoms with Crippen LogP contribution in [0.1, 0.15) is 38.6 Å². The fourth-order valence-corrected chi connectivity index (χ4v) is 2.23. The fraction of sp³-hybridized carbons (Fsp3) is 0.692. The highest BCUT2D eigenvalue weighted by molar-refractivity contribution is 5.73. The van der Waals surface area contributed by atoms with E-state index in [1.807, 2.05) is 38.7 Å². The summed E-state index contributed by atoms with van der Waals surface area (Å²) in [5.74, 6) is -0.120. The lowest BCUT2D eigenvalue weighted by Crippen LogP contribution is -2.31. The highest BCUT2D eigenvalue weighted by atomic mass is 16.6. The molecule has 4 nitrogen and oxygen atoms in total. The molecule has 0 bridgehead atoms. The van der Waals surface area contributed by atoms with Crippen molar-refractivity contribution in [3.05, 3.63) is 17.7 Å². The molecule has 1 unspecified atom stereocenters. The number of aryl methyl sites for hydroxylation is 1. The Morgan fingerprint density at radius 2 is 2.24 bits per heavy atom. The van der Waals surface area contributed by atoms with Crippen molar-refractivity contribution in [3.8, 4) is 0 Å². The SMILES string of the molecule is Cn1cnc2c1CCC(C(=O)OC(C)(C)C)C2. The number of hydrogen-bond donors (Lipinski definition) is 0. The highest BCUT2D eigenvalue weighted by Gasteiger charge is 2.30. The summed E-state index contributed by atoms with van der Waals surface area (Å²) in [5.41, 5.74) is 1.90. The van der Waals surface area contributed by atoms with Gasteiger partial charge in [-0.1, -0.05) is 0 Å². The molecule has 0 fully saturated rings. The third-order valence-corrected chi connectivity index (χ3v) is 3.06. The van der Waals surface area contributed by atoms with E-state index >= 15 is 0 Å².